The second kappa shape index (κ2) is 9.00. The number of methoxy groups -OCH3 is 1. The van der Waals surface area contributed by atoms with E-state index in [4.69, 9.17) is 9.72 Å². The number of hydrogen-bond acceptors (Lipinski definition) is 6. The molecule has 4 heterocycles. The summed E-state index contributed by atoms with van der Waals surface area (Å²) in [7, 11) is 1.66. The number of anilines is 1. The number of imidazole rings is 1. The number of hydrogen-bond donors (Lipinski definition) is 0. The van der Waals surface area contributed by atoms with Gasteiger partial charge in [-0.2, -0.15) is 0 Å². The minimum Gasteiger partial charge on any atom is -0.497 e. The van der Waals surface area contributed by atoms with E-state index >= 15 is 0 Å². The predicted molar refractivity (Wildman–Crippen MR) is 126 cm³/mol. The minimum absolute atomic E-state index is 0.209. The summed E-state index contributed by atoms with van der Waals surface area (Å²) in [5.41, 5.74) is 3.10. The highest BCUT2D eigenvalue weighted by Gasteiger charge is 2.22. The Hall–Kier alpha value is -3.39. The summed E-state index contributed by atoms with van der Waals surface area (Å²) in [5, 5.41) is 2.10. The van der Waals surface area contributed by atoms with Crippen LogP contribution in [0.3, 0.4) is 0 Å². The highest BCUT2D eigenvalue weighted by atomic mass is 32.1. The molecule has 32 heavy (non-hydrogen) atoms. The molecule has 3 aromatic heterocycles. The van der Waals surface area contributed by atoms with Crippen LogP contribution in [0.15, 0.2) is 60.2 Å². The van der Waals surface area contributed by atoms with Gasteiger partial charge in [-0.05, 0) is 42.8 Å². The van der Waals surface area contributed by atoms with Gasteiger partial charge < -0.3 is 14.5 Å². The van der Waals surface area contributed by atoms with Gasteiger partial charge in [0.2, 0.25) is 5.91 Å². The van der Waals surface area contributed by atoms with Crippen molar-refractivity contribution in [2.75, 3.05) is 38.2 Å². The first-order valence-corrected chi connectivity index (χ1v) is 11.6. The number of ether oxygens (including phenoxy) is 1. The van der Waals surface area contributed by atoms with Crippen LogP contribution in [0.5, 0.6) is 5.75 Å². The Morgan fingerprint density at radius 2 is 1.91 bits per heavy atom. The average Bonchev–Trinajstić information content (AvgIpc) is 3.45. The van der Waals surface area contributed by atoms with Crippen LogP contribution >= 0.6 is 11.3 Å². The van der Waals surface area contributed by atoms with Crippen molar-refractivity contribution in [3.05, 3.63) is 65.9 Å². The molecule has 0 unspecified atom stereocenters. The third kappa shape index (κ3) is 4.18. The van der Waals surface area contributed by atoms with Gasteiger partial charge in [0.1, 0.15) is 11.6 Å². The lowest BCUT2D eigenvalue weighted by Gasteiger charge is -2.35. The summed E-state index contributed by atoms with van der Waals surface area (Å²) in [6, 6.07) is 13.8. The Balaban J connectivity index is 1.20. The summed E-state index contributed by atoms with van der Waals surface area (Å²) in [6.45, 7) is 3.11. The largest absolute Gasteiger partial charge is 0.497 e. The normalized spacial score (nSPS) is 14.2. The van der Waals surface area contributed by atoms with E-state index in [9.17, 15) is 4.79 Å². The number of pyridine rings is 1. The molecule has 8 heteroatoms. The van der Waals surface area contributed by atoms with Crippen LogP contribution in [0.1, 0.15) is 12.1 Å². The molecule has 1 saturated heterocycles. The summed E-state index contributed by atoms with van der Waals surface area (Å²) >= 11 is 1.61. The van der Waals surface area contributed by atoms with Crippen LogP contribution in [-0.2, 0) is 11.2 Å². The van der Waals surface area contributed by atoms with Crippen LogP contribution < -0.4 is 9.64 Å². The molecule has 1 aliphatic rings. The van der Waals surface area contributed by atoms with E-state index in [-0.39, 0.29) is 5.91 Å². The van der Waals surface area contributed by atoms with E-state index in [0.717, 1.165) is 59.7 Å². The second-order valence-electron chi connectivity index (χ2n) is 7.79. The number of fused-ring (bicyclic) bond motifs is 1. The molecule has 1 aromatic carbocycles. The lowest BCUT2D eigenvalue weighted by atomic mass is 10.1. The number of benzene rings is 1. The maximum absolute atomic E-state index is 12.8. The van der Waals surface area contributed by atoms with Gasteiger partial charge in [-0.15, -0.1) is 11.3 Å². The Kier molecular flexibility index (Phi) is 5.77. The smallest absolute Gasteiger partial charge is 0.223 e. The standard InChI is InChI=1S/C24H25N5O2S/c1-31-20-8-5-18(6-9-20)21-16-29-19(17-32-24(29)26-21)7-10-23(30)28-14-12-27(13-15-28)22-4-2-3-11-25-22/h2-6,8-9,11,16-17H,7,10,12-15H2,1H3. The van der Waals surface area contributed by atoms with Crippen LogP contribution in [0.25, 0.3) is 16.2 Å². The van der Waals surface area contributed by atoms with Crippen LogP contribution in [0.2, 0.25) is 0 Å². The third-order valence-electron chi connectivity index (χ3n) is 5.87. The topological polar surface area (TPSA) is 63.0 Å². The quantitative estimate of drug-likeness (QED) is 0.451. The number of aromatic nitrogens is 3. The van der Waals surface area contributed by atoms with E-state index in [0.29, 0.717) is 12.8 Å². The molecular weight excluding hydrogens is 422 g/mol. The van der Waals surface area contributed by atoms with Crippen molar-refractivity contribution in [2.24, 2.45) is 0 Å². The number of piperazine rings is 1. The van der Waals surface area contributed by atoms with E-state index in [1.807, 2.05) is 53.6 Å². The van der Waals surface area contributed by atoms with Crippen molar-refractivity contribution in [1.82, 2.24) is 19.3 Å². The molecular formula is C24H25N5O2S. The second-order valence-corrected chi connectivity index (χ2v) is 8.63. The molecule has 0 bridgehead atoms. The number of rotatable bonds is 6. The van der Waals surface area contributed by atoms with Gasteiger partial charge in [0.05, 0.1) is 12.8 Å². The van der Waals surface area contributed by atoms with Crippen molar-refractivity contribution in [3.8, 4) is 17.0 Å². The van der Waals surface area contributed by atoms with Crippen LogP contribution in [-0.4, -0.2) is 58.5 Å². The zero-order chi connectivity index (χ0) is 21.9. The highest BCUT2D eigenvalue weighted by Crippen LogP contribution is 2.26. The number of amides is 1. The highest BCUT2D eigenvalue weighted by molar-refractivity contribution is 7.15. The number of nitrogens with zero attached hydrogens (tertiary/aromatic N) is 5. The number of carbonyl (C=O) groups excluding carboxylic acids is 1. The van der Waals surface area contributed by atoms with Crippen LogP contribution in [0, 0.1) is 0 Å². The lowest BCUT2D eigenvalue weighted by Crippen LogP contribution is -2.49. The van der Waals surface area contributed by atoms with Gasteiger partial charge in [0, 0.05) is 61.6 Å². The molecule has 1 aliphatic heterocycles. The molecule has 0 aliphatic carbocycles. The first kappa shape index (κ1) is 20.5. The number of aryl methyl sites for hydroxylation is 1. The maximum Gasteiger partial charge on any atom is 0.223 e. The Morgan fingerprint density at radius 1 is 1.09 bits per heavy atom. The SMILES string of the molecule is COc1ccc(-c2cn3c(CCC(=O)N4CCN(c5ccccn5)CC4)csc3n2)cc1. The Morgan fingerprint density at radius 3 is 2.62 bits per heavy atom. The van der Waals surface area contributed by atoms with Crippen molar-refractivity contribution in [1.29, 1.82) is 0 Å². The summed E-state index contributed by atoms with van der Waals surface area (Å²) in [6.07, 6.45) is 5.08. The zero-order valence-corrected chi connectivity index (χ0v) is 18.8. The lowest BCUT2D eigenvalue weighted by molar-refractivity contribution is -0.131. The van der Waals surface area contributed by atoms with Crippen molar-refractivity contribution < 1.29 is 9.53 Å². The molecule has 0 N–H and O–H groups in total. The van der Waals surface area contributed by atoms with Crippen molar-refractivity contribution in [3.63, 3.8) is 0 Å². The molecule has 164 valence electrons. The first-order chi connectivity index (χ1) is 15.7. The summed E-state index contributed by atoms with van der Waals surface area (Å²) in [4.78, 5) is 27.1. The monoisotopic (exact) mass is 447 g/mol. The summed E-state index contributed by atoms with van der Waals surface area (Å²) in [5.74, 6) is 2.02. The Labute approximate surface area is 190 Å². The average molecular weight is 448 g/mol. The van der Waals surface area contributed by atoms with Crippen LogP contribution in [0.4, 0.5) is 5.82 Å². The first-order valence-electron chi connectivity index (χ1n) is 10.7. The van der Waals surface area contributed by atoms with Gasteiger partial charge in [0.15, 0.2) is 4.96 Å². The number of carbonyl (C=O) groups is 1. The van der Waals surface area contributed by atoms with Gasteiger partial charge in [-0.1, -0.05) is 6.07 Å². The molecule has 4 aromatic rings. The fourth-order valence-corrected chi connectivity index (χ4v) is 4.94. The summed E-state index contributed by atoms with van der Waals surface area (Å²) < 4.78 is 7.34. The van der Waals surface area contributed by atoms with E-state index in [2.05, 4.69) is 25.9 Å². The van der Waals surface area contributed by atoms with E-state index < -0.39 is 0 Å². The predicted octanol–water partition coefficient (Wildman–Crippen LogP) is 3.75. The minimum atomic E-state index is 0.209. The van der Waals surface area contributed by atoms with Gasteiger partial charge in [0.25, 0.3) is 0 Å². The third-order valence-corrected chi connectivity index (χ3v) is 6.76. The zero-order valence-electron chi connectivity index (χ0n) is 18.0. The molecule has 0 spiro atoms. The maximum atomic E-state index is 12.8. The molecule has 5 rings (SSSR count). The van der Waals surface area contributed by atoms with Gasteiger partial charge in [-0.3, -0.25) is 9.20 Å². The van der Waals surface area contributed by atoms with Crippen molar-refractivity contribution >= 4 is 28.0 Å². The van der Waals surface area contributed by atoms with E-state index in [1.165, 1.54) is 0 Å². The molecule has 0 radical (unpaired) electrons. The van der Waals surface area contributed by atoms with E-state index in [1.54, 1.807) is 18.4 Å². The molecule has 1 amide bonds. The fourth-order valence-electron chi connectivity index (χ4n) is 4.03. The van der Waals surface area contributed by atoms with Gasteiger partial charge in [-0.25, -0.2) is 9.97 Å². The number of thiazole rings is 1. The molecule has 7 nitrogen and oxygen atoms in total. The molecule has 0 atom stereocenters. The Bertz CT molecular complexity index is 1190. The van der Waals surface area contributed by atoms with Crippen molar-refractivity contribution in [2.45, 2.75) is 12.8 Å². The molecule has 1 fully saturated rings. The molecule has 0 saturated carbocycles. The van der Waals surface area contributed by atoms with Gasteiger partial charge >= 0.3 is 0 Å². The fraction of sp³-hybridized carbons (Fsp3) is 0.292.